The van der Waals surface area contributed by atoms with Gasteiger partial charge in [-0.25, -0.2) is 33.7 Å². The van der Waals surface area contributed by atoms with Gasteiger partial charge in [0, 0.05) is 84.0 Å². The minimum atomic E-state index is -3.70. The molecule has 4 heterocycles. The molecule has 0 radical (unpaired) electrons. The predicted molar refractivity (Wildman–Crippen MR) is 486 cm³/mol. The van der Waals surface area contributed by atoms with Crippen molar-refractivity contribution in [3.05, 3.63) is 263 Å². The number of sulfonamides is 4. The topological polar surface area (TPSA) is 332 Å². The number of aromatic nitrogens is 4. The molecule has 122 heavy (non-hydrogen) atoms. The van der Waals surface area contributed by atoms with Crippen molar-refractivity contribution in [3.63, 3.8) is 0 Å². The van der Waals surface area contributed by atoms with E-state index in [2.05, 4.69) is 32.7 Å². The van der Waals surface area contributed by atoms with E-state index in [0.29, 0.717) is 104 Å². The molecule has 8 aromatic carbocycles. The maximum absolute atomic E-state index is 12.8. The first-order chi connectivity index (χ1) is 59.0. The van der Waals surface area contributed by atoms with Crippen molar-refractivity contribution in [2.24, 2.45) is 0 Å². The molecule has 0 aliphatic carbocycles. The number of nitrogens with one attached hydrogen (secondary N) is 4. The summed E-state index contributed by atoms with van der Waals surface area (Å²) in [5.74, 6) is 0. The lowest BCUT2D eigenvalue weighted by molar-refractivity contribution is 0.0322. The Hall–Kier alpha value is -9.92. The van der Waals surface area contributed by atoms with Crippen LogP contribution in [-0.4, -0.2) is 156 Å². The molecule has 4 aromatic heterocycles. The van der Waals surface area contributed by atoms with Crippen LogP contribution in [0.25, 0.3) is 43.6 Å². The monoisotopic (exact) mass is 1740 g/mol. The zero-order valence-electron chi connectivity index (χ0n) is 70.6. The van der Waals surface area contributed by atoms with Crippen LogP contribution in [0, 0.1) is 27.7 Å². The summed E-state index contributed by atoms with van der Waals surface area (Å²) in [7, 11) is -14.7. The first kappa shape index (κ1) is 95.9. The first-order valence-electron chi connectivity index (χ1n) is 41.6. The summed E-state index contributed by atoms with van der Waals surface area (Å²) >= 11 is 0. The summed E-state index contributed by atoms with van der Waals surface area (Å²) in [5.41, 5.74) is 12.2. The summed E-state index contributed by atoms with van der Waals surface area (Å²) in [5, 5.41) is 20.9. The van der Waals surface area contributed by atoms with Gasteiger partial charge in [-0.3, -0.25) is 38.8 Å². The number of aliphatic hydroxyl groups excluding tert-OH is 2. The van der Waals surface area contributed by atoms with Crippen LogP contribution >= 0.6 is 0 Å². The van der Waals surface area contributed by atoms with Gasteiger partial charge in [0.15, 0.2) is 0 Å². The van der Waals surface area contributed by atoms with Crippen molar-refractivity contribution in [2.45, 2.75) is 151 Å². The van der Waals surface area contributed by atoms with Gasteiger partial charge in [-0.15, -0.1) is 0 Å². The van der Waals surface area contributed by atoms with Gasteiger partial charge in [0.25, 0.3) is 40.1 Å². The minimum Gasteiger partial charge on any atom is -0.394 e. The van der Waals surface area contributed by atoms with Crippen molar-refractivity contribution in [1.29, 1.82) is 0 Å². The van der Waals surface area contributed by atoms with Gasteiger partial charge in [0.05, 0.1) is 117 Å². The van der Waals surface area contributed by atoms with Crippen molar-refractivity contribution in [3.8, 4) is 0 Å². The number of aryl methyl sites for hydroxylation is 8. The van der Waals surface area contributed by atoms with Gasteiger partial charge in [-0.05, 0) is 215 Å². The van der Waals surface area contributed by atoms with Crippen LogP contribution < -0.4 is 18.9 Å². The first-order valence-corrected chi connectivity index (χ1v) is 47.5. The van der Waals surface area contributed by atoms with Gasteiger partial charge in [-0.2, -0.15) is 0 Å². The van der Waals surface area contributed by atoms with E-state index in [1.807, 2.05) is 125 Å². The van der Waals surface area contributed by atoms with E-state index in [0.717, 1.165) is 176 Å². The standard InChI is InChI=1S/C25H32N2O4S.C24H30N2O5S.C23H28N2O3S.C22H26N2O4S/c1-3-16-30-18-19-31-17-5-4-8-22-13-12-21-7-6-9-24(25(21)26-22)27-32(28,29)23-14-10-20(2)11-15-23;1-19-8-12-22(13-9-19)32(28,29)26-23-7-4-5-20-10-11-21(25-24(20)23)6-2-3-15-30-17-18-31-16-14-27;1-3-16-28-17-5-4-8-20-13-12-19-7-6-9-22(23(19)24-20)25-29(26,27)21-14-10-18(2)11-15-21;1-17-8-12-20(13-9-17)29(26,27)24-21-7-4-5-18-10-11-19(23-22(18)21)6-2-3-15-28-16-14-25/h6-7,9-15,27H,3-5,8,16-19H2,1-2H3;4-5,7-13,26-27H,2-3,6,14-18H2,1H3;6-7,9-15,25H,3-5,8,16-17H2,1-2H3;4-5,7-13,24-25H,2-3,6,14-16H2,1H3. The Balaban J connectivity index is 0.000000185. The largest absolute Gasteiger partial charge is 0.394 e. The van der Waals surface area contributed by atoms with E-state index in [1.54, 1.807) is 121 Å². The molecule has 6 N–H and O–H groups in total. The molecule has 0 atom stereocenters. The van der Waals surface area contributed by atoms with Gasteiger partial charge in [0.1, 0.15) is 0 Å². The van der Waals surface area contributed by atoms with Crippen molar-refractivity contribution < 1.29 is 72.3 Å². The molecule has 0 bridgehead atoms. The number of anilines is 4. The van der Waals surface area contributed by atoms with Crippen LogP contribution in [0.3, 0.4) is 0 Å². The maximum atomic E-state index is 12.8. The van der Waals surface area contributed by atoms with E-state index >= 15 is 0 Å². The fourth-order valence-electron chi connectivity index (χ4n) is 12.6. The van der Waals surface area contributed by atoms with Crippen LogP contribution in [0.2, 0.25) is 0 Å². The molecule has 0 spiro atoms. The number of hydrogen-bond donors (Lipinski definition) is 6. The predicted octanol–water partition coefficient (Wildman–Crippen LogP) is 17.6. The van der Waals surface area contributed by atoms with E-state index < -0.39 is 40.1 Å². The highest BCUT2D eigenvalue weighted by Crippen LogP contribution is 2.31. The molecule has 0 amide bonds. The van der Waals surface area contributed by atoms with Crippen LogP contribution in [0.15, 0.2) is 238 Å². The third-order valence-corrected chi connectivity index (χ3v) is 24.7. The Morgan fingerprint density at radius 3 is 0.697 bits per heavy atom. The molecule has 12 rings (SSSR count). The van der Waals surface area contributed by atoms with E-state index in [9.17, 15) is 33.7 Å². The van der Waals surface area contributed by atoms with E-state index in [-0.39, 0.29) is 32.8 Å². The lowest BCUT2D eigenvalue weighted by Crippen LogP contribution is -2.13. The van der Waals surface area contributed by atoms with E-state index in [1.165, 1.54) is 0 Å². The van der Waals surface area contributed by atoms with Gasteiger partial charge >= 0.3 is 0 Å². The molecule has 0 saturated heterocycles. The number of aliphatic hydroxyl groups is 2. The maximum Gasteiger partial charge on any atom is 0.261 e. The van der Waals surface area contributed by atoms with Crippen LogP contribution in [0.5, 0.6) is 0 Å². The molecule has 0 aliphatic heterocycles. The highest BCUT2D eigenvalue weighted by atomic mass is 32.2. The van der Waals surface area contributed by atoms with Gasteiger partial charge in [0.2, 0.25) is 0 Å². The summed E-state index contributed by atoms with van der Waals surface area (Å²) in [4.78, 5) is 19.8. The number of ether oxygens (including phenoxy) is 6. The normalized spacial score (nSPS) is 11.7. The number of pyridine rings is 4. The molecule has 0 unspecified atom stereocenters. The van der Waals surface area contributed by atoms with Gasteiger partial charge < -0.3 is 38.6 Å². The van der Waals surface area contributed by atoms with Crippen LogP contribution in [0.1, 0.15) is 123 Å². The fraction of sp³-hybridized carbons (Fsp3) is 0.362. The highest BCUT2D eigenvalue weighted by molar-refractivity contribution is 7.93. The molecule has 24 nitrogen and oxygen atoms in total. The molecular weight excluding hydrogens is 1630 g/mol. The average Bonchev–Trinajstić information content (AvgIpc) is 0.807. The zero-order chi connectivity index (χ0) is 87.0. The quantitative estimate of drug-likeness (QED) is 0.0193. The molecule has 12 aromatic rings. The summed E-state index contributed by atoms with van der Waals surface area (Å²) in [6.45, 7) is 19.2. The third kappa shape index (κ3) is 31.4. The average molecular weight is 1740 g/mol. The molecular formula is C94H116N8O16S4. The lowest BCUT2D eigenvalue weighted by atomic mass is 10.1. The Kier molecular flexibility index (Phi) is 39.3. The number of para-hydroxylation sites is 4. The second kappa shape index (κ2) is 50.0. The molecule has 0 fully saturated rings. The van der Waals surface area contributed by atoms with Crippen molar-refractivity contribution >= 4 is 106 Å². The molecule has 28 heteroatoms. The summed E-state index contributed by atoms with van der Waals surface area (Å²) < 4.78 is 146. The van der Waals surface area contributed by atoms with E-state index in [4.69, 9.17) is 58.6 Å². The number of benzene rings is 8. The van der Waals surface area contributed by atoms with Crippen molar-refractivity contribution in [1.82, 2.24) is 19.9 Å². The Labute approximate surface area is 719 Å². The number of rotatable bonds is 46. The Morgan fingerprint density at radius 1 is 0.254 bits per heavy atom. The fourth-order valence-corrected chi connectivity index (χ4v) is 16.9. The third-order valence-electron chi connectivity index (χ3n) is 19.2. The zero-order valence-corrected chi connectivity index (χ0v) is 73.9. The van der Waals surface area contributed by atoms with Gasteiger partial charge in [-0.1, -0.05) is 157 Å². The molecule has 0 saturated carbocycles. The molecule has 652 valence electrons. The highest BCUT2D eigenvalue weighted by Gasteiger charge is 2.22. The van der Waals surface area contributed by atoms with Crippen LogP contribution in [-0.2, 0) is 94.2 Å². The second-order valence-corrected chi connectivity index (χ2v) is 36.1. The van der Waals surface area contributed by atoms with Crippen molar-refractivity contribution in [2.75, 3.05) is 111 Å². The smallest absolute Gasteiger partial charge is 0.261 e. The SMILES string of the molecule is CCCOCCCCc1ccc2cccc(NS(=O)(=O)c3ccc(C)cc3)c2n1.CCCOCCOCCCCc1ccc2cccc(NS(=O)(=O)c3ccc(C)cc3)c2n1.Cc1ccc(S(=O)(=O)Nc2cccc3ccc(CCCCOCCO)nc23)cc1.Cc1ccc(S(=O)(=O)Nc2cccc3ccc(CCCCOCCOCCO)nc23)cc1. The lowest BCUT2D eigenvalue weighted by Gasteiger charge is -2.11. The number of hydrogen-bond acceptors (Lipinski definition) is 20. The minimum absolute atomic E-state index is 0.0217. The summed E-state index contributed by atoms with van der Waals surface area (Å²) in [6.07, 6.45) is 12.7. The second-order valence-electron chi connectivity index (χ2n) is 29.3. The van der Waals surface area contributed by atoms with Crippen LogP contribution in [0.4, 0.5) is 22.7 Å². The molecule has 0 aliphatic rings. The number of unbranched alkanes of at least 4 members (excludes halogenated alkanes) is 4. The Morgan fingerprint density at radius 2 is 0.467 bits per heavy atom. The number of nitrogens with zero attached hydrogens (tertiary/aromatic N) is 4. The Bertz CT molecular complexity index is 5350. The number of fused-ring (bicyclic) bond motifs is 4. The summed E-state index contributed by atoms with van der Waals surface area (Å²) in [6, 6.07) is 64.9.